The smallest absolute Gasteiger partial charge is 0.306 e. The van der Waals surface area contributed by atoms with Crippen molar-refractivity contribution in [1.29, 1.82) is 0 Å². The molecule has 0 amide bonds. The molecule has 0 aliphatic heterocycles. The molecular weight excluding hydrogens is 733 g/mol. The molecule has 0 saturated carbocycles. The predicted octanol–water partition coefficient (Wildman–Crippen LogP) is 16.3. The van der Waals surface area contributed by atoms with E-state index >= 15 is 0 Å². The van der Waals surface area contributed by atoms with Crippen molar-refractivity contribution in [3.63, 3.8) is 0 Å². The molecule has 0 aromatic heterocycles. The monoisotopic (exact) mass is 827 g/mol. The minimum atomic E-state index is -0.804. The summed E-state index contributed by atoms with van der Waals surface area (Å²) < 4.78 is 16.6. The lowest BCUT2D eigenvalue weighted by atomic mass is 10.0. The van der Waals surface area contributed by atoms with Crippen LogP contribution in [0.15, 0.2) is 48.6 Å². The Kier molecular flexibility index (Phi) is 45.9. The van der Waals surface area contributed by atoms with E-state index in [9.17, 15) is 14.4 Å². The average Bonchev–Trinajstić information content (AvgIpc) is 3.23. The van der Waals surface area contributed by atoms with Gasteiger partial charge < -0.3 is 14.2 Å². The van der Waals surface area contributed by atoms with Gasteiger partial charge in [0.15, 0.2) is 6.10 Å². The van der Waals surface area contributed by atoms with Crippen LogP contribution in [-0.4, -0.2) is 37.2 Å². The lowest BCUT2D eigenvalue weighted by molar-refractivity contribution is -0.166. The number of carbonyl (C=O) groups is 3. The quantitative estimate of drug-likeness (QED) is 0.0263. The van der Waals surface area contributed by atoms with Gasteiger partial charge in [0.1, 0.15) is 13.2 Å². The molecule has 0 aliphatic rings. The number of unbranched alkanes of at least 4 members (excludes halogenated alkanes) is 26. The molecule has 59 heavy (non-hydrogen) atoms. The van der Waals surface area contributed by atoms with Crippen LogP contribution >= 0.6 is 0 Å². The molecule has 6 nitrogen and oxygen atoms in total. The standard InChI is InChI=1S/C53H94O6/c1-4-7-10-13-16-19-21-23-24-25-26-27-28-29-31-32-34-37-40-43-46-52(55)58-49-50(48-57-51(54)45-42-39-36-18-15-12-9-6-3)59-53(56)47-44-41-38-35-33-30-22-20-17-14-11-8-5-2/h8,11,17,20,30,33,38,41,50H,4-7,9-10,12-16,18-19,21-29,31-32,34-37,39-40,42-49H2,1-3H3/b11-8-,20-17-,33-30-,41-38-. The molecule has 0 aliphatic carbocycles. The molecule has 0 saturated heterocycles. The summed E-state index contributed by atoms with van der Waals surface area (Å²) in [5.41, 5.74) is 0. The third kappa shape index (κ3) is 46.3. The number of ether oxygens (including phenoxy) is 3. The molecule has 0 bridgehead atoms. The Morgan fingerprint density at radius 2 is 0.661 bits per heavy atom. The van der Waals surface area contributed by atoms with Crippen LogP contribution in [-0.2, 0) is 28.6 Å². The Morgan fingerprint density at radius 3 is 1.00 bits per heavy atom. The second-order valence-corrected chi connectivity index (χ2v) is 16.7. The van der Waals surface area contributed by atoms with E-state index < -0.39 is 6.10 Å². The molecule has 0 aromatic carbocycles. The van der Waals surface area contributed by atoms with Crippen molar-refractivity contribution in [3.05, 3.63) is 48.6 Å². The predicted molar refractivity (Wildman–Crippen MR) is 252 cm³/mol. The van der Waals surface area contributed by atoms with Crippen molar-refractivity contribution >= 4 is 17.9 Å². The highest BCUT2D eigenvalue weighted by Crippen LogP contribution is 2.16. The van der Waals surface area contributed by atoms with E-state index in [2.05, 4.69) is 57.2 Å². The summed E-state index contributed by atoms with van der Waals surface area (Å²) in [5, 5.41) is 0. The topological polar surface area (TPSA) is 78.9 Å². The molecule has 0 spiro atoms. The lowest BCUT2D eigenvalue weighted by Crippen LogP contribution is -2.30. The van der Waals surface area contributed by atoms with Gasteiger partial charge in [0, 0.05) is 19.3 Å². The highest BCUT2D eigenvalue weighted by atomic mass is 16.6. The largest absolute Gasteiger partial charge is 0.462 e. The van der Waals surface area contributed by atoms with Crippen molar-refractivity contribution in [3.8, 4) is 0 Å². The van der Waals surface area contributed by atoms with Gasteiger partial charge >= 0.3 is 17.9 Å². The second kappa shape index (κ2) is 48.0. The first kappa shape index (κ1) is 56.4. The number of esters is 3. The number of hydrogen-bond donors (Lipinski definition) is 0. The third-order valence-corrected chi connectivity index (χ3v) is 10.9. The Balaban J connectivity index is 4.28. The summed E-state index contributed by atoms with van der Waals surface area (Å²) in [6, 6.07) is 0. The summed E-state index contributed by atoms with van der Waals surface area (Å²) >= 11 is 0. The van der Waals surface area contributed by atoms with Crippen LogP contribution < -0.4 is 0 Å². The van der Waals surface area contributed by atoms with E-state index in [0.717, 1.165) is 64.2 Å². The normalized spacial score (nSPS) is 12.4. The summed E-state index contributed by atoms with van der Waals surface area (Å²) in [7, 11) is 0. The molecule has 0 radical (unpaired) electrons. The maximum Gasteiger partial charge on any atom is 0.306 e. The van der Waals surface area contributed by atoms with Gasteiger partial charge in [0.2, 0.25) is 0 Å². The molecular formula is C53H94O6. The van der Waals surface area contributed by atoms with Crippen LogP contribution in [0.3, 0.4) is 0 Å². The summed E-state index contributed by atoms with van der Waals surface area (Å²) in [6.07, 6.45) is 57.0. The lowest BCUT2D eigenvalue weighted by Gasteiger charge is -2.18. The molecule has 0 N–H and O–H groups in total. The first-order valence-electron chi connectivity index (χ1n) is 25.1. The Morgan fingerprint density at radius 1 is 0.356 bits per heavy atom. The van der Waals surface area contributed by atoms with Gasteiger partial charge in [-0.05, 0) is 44.9 Å². The van der Waals surface area contributed by atoms with Gasteiger partial charge in [-0.3, -0.25) is 14.4 Å². The zero-order valence-electron chi connectivity index (χ0n) is 39.0. The van der Waals surface area contributed by atoms with Crippen molar-refractivity contribution in [2.45, 2.75) is 258 Å². The molecule has 0 fully saturated rings. The van der Waals surface area contributed by atoms with E-state index in [4.69, 9.17) is 14.2 Å². The van der Waals surface area contributed by atoms with Crippen LogP contribution in [0.4, 0.5) is 0 Å². The Hall–Kier alpha value is -2.63. The number of carbonyl (C=O) groups excluding carboxylic acids is 3. The molecule has 1 unspecified atom stereocenters. The Bertz CT molecular complexity index is 1040. The fourth-order valence-corrected chi connectivity index (χ4v) is 7.10. The van der Waals surface area contributed by atoms with E-state index in [-0.39, 0.29) is 37.5 Å². The van der Waals surface area contributed by atoms with Crippen LogP contribution in [0.25, 0.3) is 0 Å². The fourth-order valence-electron chi connectivity index (χ4n) is 7.10. The van der Waals surface area contributed by atoms with Crippen molar-refractivity contribution in [2.24, 2.45) is 0 Å². The second-order valence-electron chi connectivity index (χ2n) is 16.7. The molecule has 0 heterocycles. The molecule has 0 aromatic rings. The van der Waals surface area contributed by atoms with E-state index in [1.54, 1.807) is 0 Å². The van der Waals surface area contributed by atoms with E-state index in [0.29, 0.717) is 19.3 Å². The van der Waals surface area contributed by atoms with Crippen molar-refractivity contribution in [1.82, 2.24) is 0 Å². The highest BCUT2D eigenvalue weighted by Gasteiger charge is 2.19. The van der Waals surface area contributed by atoms with Crippen LogP contribution in [0.1, 0.15) is 252 Å². The Labute approximate surface area is 365 Å². The maximum atomic E-state index is 12.7. The van der Waals surface area contributed by atoms with Gasteiger partial charge in [-0.15, -0.1) is 0 Å². The zero-order valence-corrected chi connectivity index (χ0v) is 39.0. The zero-order chi connectivity index (χ0) is 43.0. The van der Waals surface area contributed by atoms with Gasteiger partial charge in [-0.2, -0.15) is 0 Å². The first-order valence-corrected chi connectivity index (χ1v) is 25.1. The minimum absolute atomic E-state index is 0.0984. The first-order chi connectivity index (χ1) is 29.0. The van der Waals surface area contributed by atoms with Crippen LogP contribution in [0.5, 0.6) is 0 Å². The van der Waals surface area contributed by atoms with Crippen LogP contribution in [0, 0.1) is 0 Å². The summed E-state index contributed by atoms with van der Waals surface area (Å²) in [6.45, 7) is 6.44. The molecule has 6 heteroatoms. The minimum Gasteiger partial charge on any atom is -0.462 e. The summed E-state index contributed by atoms with van der Waals surface area (Å²) in [5.74, 6) is -0.979. The summed E-state index contributed by atoms with van der Waals surface area (Å²) in [4.78, 5) is 37.7. The SMILES string of the molecule is CC/C=C\C/C=C\C/C=C\C/C=C\CCC(=O)OC(COC(=O)CCCCCCCCCC)COC(=O)CCCCCCCCCCCCCCCCCCCCCC. The van der Waals surface area contributed by atoms with Gasteiger partial charge in [-0.1, -0.05) is 236 Å². The maximum absolute atomic E-state index is 12.7. The van der Waals surface area contributed by atoms with Gasteiger partial charge in [-0.25, -0.2) is 0 Å². The fraction of sp³-hybridized carbons (Fsp3) is 0.792. The molecule has 342 valence electrons. The number of hydrogen-bond acceptors (Lipinski definition) is 6. The molecule has 0 rings (SSSR count). The average molecular weight is 827 g/mol. The van der Waals surface area contributed by atoms with Crippen molar-refractivity contribution < 1.29 is 28.6 Å². The van der Waals surface area contributed by atoms with Gasteiger partial charge in [0.25, 0.3) is 0 Å². The van der Waals surface area contributed by atoms with Crippen LogP contribution in [0.2, 0.25) is 0 Å². The van der Waals surface area contributed by atoms with Crippen molar-refractivity contribution in [2.75, 3.05) is 13.2 Å². The van der Waals surface area contributed by atoms with E-state index in [1.807, 2.05) is 12.2 Å². The molecule has 1 atom stereocenters. The number of allylic oxidation sites excluding steroid dienone is 8. The van der Waals surface area contributed by atoms with Gasteiger partial charge in [0.05, 0.1) is 0 Å². The van der Waals surface area contributed by atoms with E-state index in [1.165, 1.54) is 141 Å². The number of rotatable bonds is 45. The third-order valence-electron chi connectivity index (χ3n) is 10.9. The highest BCUT2D eigenvalue weighted by molar-refractivity contribution is 5.71.